The second-order valence-corrected chi connectivity index (χ2v) is 7.44. The summed E-state index contributed by atoms with van der Waals surface area (Å²) in [5.41, 5.74) is 0.620. The molecule has 0 aliphatic carbocycles. The van der Waals surface area contributed by atoms with Crippen molar-refractivity contribution in [1.82, 2.24) is 10.2 Å². The zero-order chi connectivity index (χ0) is 19.7. The van der Waals surface area contributed by atoms with Crippen molar-refractivity contribution in [2.75, 3.05) is 20.2 Å². The standard InChI is InChI=1S/C20H26N2O5/c1-11(2)16-8-14(18(27-16)12(3)4)20(24)22-9-13(10-22)21-19(23)15-6-7-17(25-5)26-15/h6-8,11-13H,9-10H2,1-5H3,(H,21,23). The Morgan fingerprint density at radius 2 is 1.85 bits per heavy atom. The Morgan fingerprint density at radius 1 is 1.15 bits per heavy atom. The minimum atomic E-state index is -0.316. The Morgan fingerprint density at radius 3 is 2.41 bits per heavy atom. The molecule has 0 bridgehead atoms. The van der Waals surface area contributed by atoms with Crippen molar-refractivity contribution in [3.05, 3.63) is 41.0 Å². The second kappa shape index (κ2) is 7.50. The van der Waals surface area contributed by atoms with Crippen LogP contribution in [0.5, 0.6) is 5.95 Å². The van der Waals surface area contributed by atoms with Gasteiger partial charge in [-0.25, -0.2) is 0 Å². The summed E-state index contributed by atoms with van der Waals surface area (Å²) < 4.78 is 16.1. The monoisotopic (exact) mass is 374 g/mol. The van der Waals surface area contributed by atoms with Crippen LogP contribution in [0.3, 0.4) is 0 Å². The highest BCUT2D eigenvalue weighted by Gasteiger charge is 2.35. The molecular weight excluding hydrogens is 348 g/mol. The number of rotatable bonds is 6. The number of nitrogens with one attached hydrogen (secondary N) is 1. The van der Waals surface area contributed by atoms with Gasteiger partial charge in [0.1, 0.15) is 11.5 Å². The first-order valence-corrected chi connectivity index (χ1v) is 9.17. The SMILES string of the molecule is COc1ccc(C(=O)NC2CN(C(=O)c3cc(C(C)C)oc3C(C)C)C2)o1. The van der Waals surface area contributed by atoms with Gasteiger partial charge in [0.2, 0.25) is 0 Å². The lowest BCUT2D eigenvalue weighted by Crippen LogP contribution is -2.61. The van der Waals surface area contributed by atoms with Crippen LogP contribution in [0.15, 0.2) is 27.0 Å². The summed E-state index contributed by atoms with van der Waals surface area (Å²) in [5.74, 6) is 1.99. The first-order valence-electron chi connectivity index (χ1n) is 9.17. The van der Waals surface area contributed by atoms with E-state index in [9.17, 15) is 9.59 Å². The average Bonchev–Trinajstić information content (AvgIpc) is 3.23. The van der Waals surface area contributed by atoms with Crippen molar-refractivity contribution in [3.8, 4) is 5.95 Å². The quantitative estimate of drug-likeness (QED) is 0.838. The summed E-state index contributed by atoms with van der Waals surface area (Å²) in [4.78, 5) is 26.7. The molecule has 0 unspecified atom stereocenters. The number of hydrogen-bond donors (Lipinski definition) is 1. The first-order chi connectivity index (χ1) is 12.8. The van der Waals surface area contributed by atoms with E-state index in [-0.39, 0.29) is 41.4 Å². The summed E-state index contributed by atoms with van der Waals surface area (Å²) in [6.07, 6.45) is 0. The Balaban J connectivity index is 1.60. The molecule has 1 saturated heterocycles. The smallest absolute Gasteiger partial charge is 0.287 e. The van der Waals surface area contributed by atoms with E-state index in [4.69, 9.17) is 13.6 Å². The van der Waals surface area contributed by atoms with Crippen LogP contribution in [0.25, 0.3) is 0 Å². The number of likely N-dealkylation sites (tertiary alicyclic amines) is 1. The van der Waals surface area contributed by atoms with Gasteiger partial charge in [-0.15, -0.1) is 0 Å². The van der Waals surface area contributed by atoms with Gasteiger partial charge in [-0.1, -0.05) is 27.7 Å². The number of hydrogen-bond acceptors (Lipinski definition) is 5. The Bertz CT molecular complexity index is 827. The van der Waals surface area contributed by atoms with Crippen LogP contribution in [-0.4, -0.2) is 43.0 Å². The molecule has 7 nitrogen and oxygen atoms in total. The van der Waals surface area contributed by atoms with E-state index in [0.29, 0.717) is 18.7 Å². The lowest BCUT2D eigenvalue weighted by atomic mass is 10.0. The van der Waals surface area contributed by atoms with Crippen LogP contribution >= 0.6 is 0 Å². The first kappa shape index (κ1) is 19.1. The second-order valence-electron chi connectivity index (χ2n) is 7.44. The van der Waals surface area contributed by atoms with Gasteiger partial charge < -0.3 is 23.8 Å². The molecule has 2 amide bonds. The molecule has 0 radical (unpaired) electrons. The largest absolute Gasteiger partial charge is 0.468 e. The highest BCUT2D eigenvalue weighted by atomic mass is 16.6. The molecule has 1 aliphatic rings. The Hall–Kier alpha value is -2.70. The lowest BCUT2D eigenvalue weighted by Gasteiger charge is -2.39. The van der Waals surface area contributed by atoms with Gasteiger partial charge >= 0.3 is 0 Å². The van der Waals surface area contributed by atoms with E-state index >= 15 is 0 Å². The number of methoxy groups -OCH3 is 1. The molecule has 1 aliphatic heterocycles. The molecule has 3 heterocycles. The number of carbonyl (C=O) groups excluding carboxylic acids is 2. The van der Waals surface area contributed by atoms with Crippen LogP contribution in [0.1, 0.15) is 72.0 Å². The molecule has 7 heteroatoms. The topological polar surface area (TPSA) is 84.9 Å². The lowest BCUT2D eigenvalue weighted by molar-refractivity contribution is 0.0534. The van der Waals surface area contributed by atoms with Gasteiger partial charge in [0, 0.05) is 31.0 Å². The summed E-state index contributed by atoms with van der Waals surface area (Å²) in [7, 11) is 1.47. The van der Waals surface area contributed by atoms with Crippen LogP contribution in [0.4, 0.5) is 0 Å². The van der Waals surface area contributed by atoms with Gasteiger partial charge in [-0.05, 0) is 12.1 Å². The fourth-order valence-electron chi connectivity index (χ4n) is 3.02. The molecule has 2 aromatic heterocycles. The fourth-order valence-corrected chi connectivity index (χ4v) is 3.02. The maximum absolute atomic E-state index is 12.8. The minimum absolute atomic E-state index is 0.0560. The number of ether oxygens (including phenoxy) is 1. The van der Waals surface area contributed by atoms with Crippen molar-refractivity contribution >= 4 is 11.8 Å². The van der Waals surface area contributed by atoms with Crippen LogP contribution in [-0.2, 0) is 0 Å². The summed E-state index contributed by atoms with van der Waals surface area (Å²) >= 11 is 0. The summed E-state index contributed by atoms with van der Waals surface area (Å²) in [6, 6.07) is 4.90. The molecule has 1 fully saturated rings. The zero-order valence-electron chi connectivity index (χ0n) is 16.4. The summed E-state index contributed by atoms with van der Waals surface area (Å²) in [5, 5.41) is 2.86. The highest BCUT2D eigenvalue weighted by Crippen LogP contribution is 2.29. The summed E-state index contributed by atoms with van der Waals surface area (Å²) in [6.45, 7) is 9.02. The average molecular weight is 374 g/mol. The molecule has 0 aromatic carbocycles. The van der Waals surface area contributed by atoms with E-state index in [2.05, 4.69) is 5.32 Å². The van der Waals surface area contributed by atoms with E-state index < -0.39 is 0 Å². The van der Waals surface area contributed by atoms with Gasteiger partial charge in [0.05, 0.1) is 18.7 Å². The van der Waals surface area contributed by atoms with Crippen molar-refractivity contribution in [2.24, 2.45) is 0 Å². The maximum atomic E-state index is 12.8. The zero-order valence-corrected chi connectivity index (χ0v) is 16.4. The van der Waals surface area contributed by atoms with Gasteiger partial charge in [-0.3, -0.25) is 9.59 Å². The number of furan rings is 2. The molecule has 1 N–H and O–H groups in total. The fraction of sp³-hybridized carbons (Fsp3) is 0.500. The maximum Gasteiger partial charge on any atom is 0.287 e. The van der Waals surface area contributed by atoms with Gasteiger partial charge in [0.15, 0.2) is 5.76 Å². The number of amides is 2. The van der Waals surface area contributed by atoms with Crippen LogP contribution in [0.2, 0.25) is 0 Å². The predicted octanol–water partition coefficient (Wildman–Crippen LogP) is 3.38. The third-order valence-electron chi connectivity index (χ3n) is 4.61. The molecule has 0 atom stereocenters. The Kier molecular flexibility index (Phi) is 5.30. The third-order valence-corrected chi connectivity index (χ3v) is 4.61. The number of nitrogens with zero attached hydrogens (tertiary/aromatic N) is 1. The van der Waals surface area contributed by atoms with Gasteiger partial charge in [0.25, 0.3) is 17.8 Å². The molecule has 0 spiro atoms. The van der Waals surface area contributed by atoms with Gasteiger partial charge in [-0.2, -0.15) is 0 Å². The van der Waals surface area contributed by atoms with Crippen molar-refractivity contribution in [2.45, 2.75) is 45.6 Å². The minimum Gasteiger partial charge on any atom is -0.468 e. The molecular formula is C20H26N2O5. The number of carbonyl (C=O) groups is 2. The third kappa shape index (κ3) is 3.86. The van der Waals surface area contributed by atoms with E-state index in [1.165, 1.54) is 7.11 Å². The molecule has 0 saturated carbocycles. The van der Waals surface area contributed by atoms with E-state index in [1.807, 2.05) is 33.8 Å². The molecule has 146 valence electrons. The molecule has 27 heavy (non-hydrogen) atoms. The Labute approximate surface area is 158 Å². The predicted molar refractivity (Wildman–Crippen MR) is 99.3 cm³/mol. The normalized spacial score (nSPS) is 14.6. The van der Waals surface area contributed by atoms with Crippen LogP contribution in [0, 0.1) is 0 Å². The van der Waals surface area contributed by atoms with Crippen molar-refractivity contribution < 1.29 is 23.2 Å². The molecule has 3 rings (SSSR count). The van der Waals surface area contributed by atoms with E-state index in [1.54, 1.807) is 17.0 Å². The highest BCUT2D eigenvalue weighted by molar-refractivity contribution is 5.96. The van der Waals surface area contributed by atoms with Crippen molar-refractivity contribution in [1.29, 1.82) is 0 Å². The van der Waals surface area contributed by atoms with E-state index in [0.717, 1.165) is 11.5 Å². The molecule has 2 aromatic rings. The van der Waals surface area contributed by atoms with Crippen LogP contribution < -0.4 is 10.1 Å². The van der Waals surface area contributed by atoms with Crippen molar-refractivity contribution in [3.63, 3.8) is 0 Å².